The van der Waals surface area contributed by atoms with Crippen molar-refractivity contribution in [2.45, 2.75) is 25.3 Å². The zero-order chi connectivity index (χ0) is 15.2. The van der Waals surface area contributed by atoms with Crippen LogP contribution in [0.1, 0.15) is 24.0 Å². The molecule has 2 nitrogen and oxygen atoms in total. The molecule has 0 saturated carbocycles. The van der Waals surface area contributed by atoms with Gasteiger partial charge in [-0.05, 0) is 48.7 Å². The summed E-state index contributed by atoms with van der Waals surface area (Å²) in [5, 5.41) is 3.45. The number of hydrogen-bond acceptors (Lipinski definition) is 2. The van der Waals surface area contributed by atoms with Gasteiger partial charge in [0.1, 0.15) is 5.75 Å². The lowest BCUT2D eigenvalue weighted by Crippen LogP contribution is -2.33. The Morgan fingerprint density at radius 2 is 1.86 bits per heavy atom. The van der Waals surface area contributed by atoms with Gasteiger partial charge in [0, 0.05) is 10.5 Å². The van der Waals surface area contributed by atoms with Crippen molar-refractivity contribution in [3.05, 3.63) is 64.1 Å². The van der Waals surface area contributed by atoms with Crippen LogP contribution in [0.25, 0.3) is 0 Å². The van der Waals surface area contributed by atoms with Gasteiger partial charge in [-0.1, -0.05) is 53.2 Å². The molecule has 2 aromatic rings. The van der Waals surface area contributed by atoms with E-state index >= 15 is 0 Å². The average Bonchev–Trinajstić information content (AvgIpc) is 2.53. The van der Waals surface area contributed by atoms with E-state index in [0.29, 0.717) is 12.0 Å². The van der Waals surface area contributed by atoms with Crippen molar-refractivity contribution in [3.8, 4) is 5.75 Å². The van der Waals surface area contributed by atoms with Crippen molar-refractivity contribution >= 4 is 15.9 Å². The largest absolute Gasteiger partial charge is 0.496 e. The predicted octanol–water partition coefficient (Wildman–Crippen LogP) is 4.39. The molecule has 0 heterocycles. The maximum atomic E-state index is 5.48. The van der Waals surface area contributed by atoms with Crippen molar-refractivity contribution in [1.82, 2.24) is 5.32 Å². The average molecular weight is 348 g/mol. The lowest BCUT2D eigenvalue weighted by atomic mass is 9.89. The van der Waals surface area contributed by atoms with Gasteiger partial charge in [-0.15, -0.1) is 0 Å². The van der Waals surface area contributed by atoms with Crippen LogP contribution in [0.3, 0.4) is 0 Å². The molecular formula is C18H22BrNO. The van der Waals surface area contributed by atoms with E-state index < -0.39 is 0 Å². The summed E-state index contributed by atoms with van der Waals surface area (Å²) in [6, 6.07) is 17.1. The number of halogens is 1. The molecule has 0 aliphatic heterocycles. The Bertz CT molecular complexity index is 571. The minimum Gasteiger partial charge on any atom is -0.496 e. The van der Waals surface area contributed by atoms with Crippen LogP contribution in [0, 0.1) is 0 Å². The minimum absolute atomic E-state index is 0.357. The number of benzene rings is 2. The summed E-state index contributed by atoms with van der Waals surface area (Å²) in [5.41, 5.74) is 2.57. The second-order valence-corrected chi connectivity index (χ2v) is 6.17. The molecule has 2 rings (SSSR count). The number of methoxy groups -OCH3 is 1. The van der Waals surface area contributed by atoms with Crippen LogP contribution in [-0.2, 0) is 6.42 Å². The van der Waals surface area contributed by atoms with Gasteiger partial charge in [-0.25, -0.2) is 0 Å². The third-order valence-electron chi connectivity index (χ3n) is 3.98. The van der Waals surface area contributed by atoms with E-state index in [1.165, 1.54) is 11.1 Å². The number of ether oxygens (including phenoxy) is 1. The molecule has 0 spiro atoms. The van der Waals surface area contributed by atoms with Crippen molar-refractivity contribution in [2.24, 2.45) is 0 Å². The Morgan fingerprint density at radius 3 is 2.48 bits per heavy atom. The van der Waals surface area contributed by atoms with Crippen molar-refractivity contribution < 1.29 is 4.74 Å². The molecule has 0 fully saturated rings. The SMILES string of the molecule is CNC(Cc1cc(Br)ccc1OC)C(C)c1ccccc1. The summed E-state index contributed by atoms with van der Waals surface area (Å²) in [4.78, 5) is 0. The molecule has 2 atom stereocenters. The fourth-order valence-electron chi connectivity index (χ4n) is 2.66. The summed E-state index contributed by atoms with van der Waals surface area (Å²) >= 11 is 3.54. The van der Waals surface area contributed by atoms with E-state index in [1.54, 1.807) is 7.11 Å². The summed E-state index contributed by atoms with van der Waals surface area (Å²) in [6.07, 6.45) is 0.926. The van der Waals surface area contributed by atoms with Crippen molar-refractivity contribution in [3.63, 3.8) is 0 Å². The van der Waals surface area contributed by atoms with Gasteiger partial charge >= 0.3 is 0 Å². The minimum atomic E-state index is 0.357. The molecule has 3 heteroatoms. The molecule has 0 aliphatic carbocycles. The smallest absolute Gasteiger partial charge is 0.122 e. The quantitative estimate of drug-likeness (QED) is 0.836. The van der Waals surface area contributed by atoms with Crippen molar-refractivity contribution in [1.29, 1.82) is 0 Å². The molecule has 0 aromatic heterocycles. The fourth-order valence-corrected chi connectivity index (χ4v) is 3.07. The molecule has 0 radical (unpaired) electrons. The Balaban J connectivity index is 2.21. The number of likely N-dealkylation sites (N-methyl/N-ethyl adjacent to an activating group) is 1. The maximum Gasteiger partial charge on any atom is 0.122 e. The highest BCUT2D eigenvalue weighted by Gasteiger charge is 2.19. The fraction of sp³-hybridized carbons (Fsp3) is 0.333. The van der Waals surface area contributed by atoms with Crippen LogP contribution in [0.15, 0.2) is 53.0 Å². The Morgan fingerprint density at radius 1 is 1.14 bits per heavy atom. The molecule has 21 heavy (non-hydrogen) atoms. The van der Waals surface area contributed by atoms with Crippen molar-refractivity contribution in [2.75, 3.05) is 14.2 Å². The first kappa shape index (κ1) is 16.1. The molecule has 0 aliphatic rings. The Hall–Kier alpha value is -1.32. The second-order valence-electron chi connectivity index (χ2n) is 5.25. The topological polar surface area (TPSA) is 21.3 Å². The third-order valence-corrected chi connectivity index (χ3v) is 4.48. The van der Waals surface area contributed by atoms with E-state index in [9.17, 15) is 0 Å². The number of nitrogens with one attached hydrogen (secondary N) is 1. The molecule has 2 aromatic carbocycles. The van der Waals surface area contributed by atoms with Gasteiger partial charge < -0.3 is 10.1 Å². The van der Waals surface area contributed by atoms with Gasteiger partial charge in [0.2, 0.25) is 0 Å². The van der Waals surface area contributed by atoms with Gasteiger partial charge in [0.15, 0.2) is 0 Å². The highest BCUT2D eigenvalue weighted by atomic mass is 79.9. The zero-order valence-electron chi connectivity index (χ0n) is 12.8. The van der Waals surface area contributed by atoms with Gasteiger partial charge in [-0.2, -0.15) is 0 Å². The summed E-state index contributed by atoms with van der Waals surface area (Å²) < 4.78 is 6.57. The number of rotatable bonds is 6. The number of hydrogen-bond donors (Lipinski definition) is 1. The highest BCUT2D eigenvalue weighted by Crippen LogP contribution is 2.28. The first-order valence-corrected chi connectivity index (χ1v) is 7.99. The van der Waals surface area contributed by atoms with Gasteiger partial charge in [0.25, 0.3) is 0 Å². The molecule has 1 N–H and O–H groups in total. The Kier molecular flexibility index (Phi) is 5.83. The van der Waals surface area contributed by atoms with Crippen LogP contribution < -0.4 is 10.1 Å². The summed E-state index contributed by atoms with van der Waals surface area (Å²) in [6.45, 7) is 2.26. The Labute approximate surface area is 135 Å². The summed E-state index contributed by atoms with van der Waals surface area (Å²) in [5.74, 6) is 1.37. The van der Waals surface area contributed by atoms with Crippen LogP contribution in [-0.4, -0.2) is 20.2 Å². The molecular weight excluding hydrogens is 326 g/mol. The second kappa shape index (κ2) is 7.62. The lowest BCUT2D eigenvalue weighted by molar-refractivity contribution is 0.402. The van der Waals surface area contributed by atoms with Crippen LogP contribution in [0.2, 0.25) is 0 Å². The van der Waals surface area contributed by atoms with E-state index in [1.807, 2.05) is 19.2 Å². The zero-order valence-corrected chi connectivity index (χ0v) is 14.4. The predicted molar refractivity (Wildman–Crippen MR) is 92.1 cm³/mol. The molecule has 112 valence electrons. The monoisotopic (exact) mass is 347 g/mol. The van der Waals surface area contributed by atoms with Gasteiger partial charge in [-0.3, -0.25) is 0 Å². The summed E-state index contributed by atoms with van der Waals surface area (Å²) in [7, 11) is 3.75. The standard InChI is InChI=1S/C18H22BrNO/c1-13(14-7-5-4-6-8-14)17(20-2)12-15-11-16(19)9-10-18(15)21-3/h4-11,13,17,20H,12H2,1-3H3. The van der Waals surface area contributed by atoms with Crippen LogP contribution >= 0.6 is 15.9 Å². The van der Waals surface area contributed by atoms with E-state index in [2.05, 4.69) is 64.6 Å². The van der Waals surface area contributed by atoms with Gasteiger partial charge in [0.05, 0.1) is 7.11 Å². The molecule has 0 saturated heterocycles. The van der Waals surface area contributed by atoms with E-state index in [0.717, 1.165) is 16.6 Å². The van der Waals surface area contributed by atoms with E-state index in [4.69, 9.17) is 4.74 Å². The normalized spacial score (nSPS) is 13.7. The third kappa shape index (κ3) is 4.08. The van der Waals surface area contributed by atoms with Crippen LogP contribution in [0.4, 0.5) is 0 Å². The molecule has 0 bridgehead atoms. The van der Waals surface area contributed by atoms with E-state index in [-0.39, 0.29) is 0 Å². The maximum absolute atomic E-state index is 5.48. The highest BCUT2D eigenvalue weighted by molar-refractivity contribution is 9.10. The first-order chi connectivity index (χ1) is 10.2. The van der Waals surface area contributed by atoms with Crippen LogP contribution in [0.5, 0.6) is 5.75 Å². The first-order valence-electron chi connectivity index (χ1n) is 7.20. The lowest BCUT2D eigenvalue weighted by Gasteiger charge is -2.25. The molecule has 2 unspecified atom stereocenters. The molecule has 0 amide bonds.